The zero-order valence-electron chi connectivity index (χ0n) is 13.9. The lowest BCUT2D eigenvalue weighted by molar-refractivity contribution is -0.134. The van der Waals surface area contributed by atoms with Crippen LogP contribution in [0.15, 0.2) is 6.33 Å². The molecular formula is C15H28ClN5O. The van der Waals surface area contributed by atoms with E-state index >= 15 is 0 Å². The summed E-state index contributed by atoms with van der Waals surface area (Å²) in [5.74, 6) is 1.47. The Bertz CT molecular complexity index is 488. The second-order valence-corrected chi connectivity index (χ2v) is 6.58. The second kappa shape index (κ2) is 7.92. The van der Waals surface area contributed by atoms with Gasteiger partial charge in [0.1, 0.15) is 12.2 Å². The van der Waals surface area contributed by atoms with Crippen molar-refractivity contribution < 1.29 is 4.79 Å². The van der Waals surface area contributed by atoms with Gasteiger partial charge < -0.3 is 15.2 Å². The molecule has 7 heteroatoms. The van der Waals surface area contributed by atoms with E-state index < -0.39 is 6.04 Å². The van der Waals surface area contributed by atoms with Gasteiger partial charge in [-0.2, -0.15) is 0 Å². The SMILES string of the molecule is CC(C)[C@H](N)C(=O)N1CCCC(c2nncn2C(C)C)C1.Cl. The molecule has 1 unspecified atom stereocenters. The predicted molar refractivity (Wildman–Crippen MR) is 89.0 cm³/mol. The number of likely N-dealkylation sites (tertiary alicyclic amines) is 1. The Morgan fingerprint density at radius 1 is 1.36 bits per heavy atom. The van der Waals surface area contributed by atoms with Crippen molar-refractivity contribution in [1.82, 2.24) is 19.7 Å². The van der Waals surface area contributed by atoms with Gasteiger partial charge in [0.05, 0.1) is 6.04 Å². The number of carbonyl (C=O) groups is 1. The van der Waals surface area contributed by atoms with Crippen LogP contribution in [0.25, 0.3) is 0 Å². The fourth-order valence-electron chi connectivity index (χ4n) is 2.83. The molecule has 2 atom stereocenters. The Morgan fingerprint density at radius 3 is 2.64 bits per heavy atom. The number of piperidine rings is 1. The van der Waals surface area contributed by atoms with Crippen LogP contribution >= 0.6 is 12.4 Å². The summed E-state index contributed by atoms with van der Waals surface area (Å²) in [5.41, 5.74) is 6.01. The number of hydrogen-bond donors (Lipinski definition) is 1. The molecule has 0 spiro atoms. The fourth-order valence-corrected chi connectivity index (χ4v) is 2.83. The molecule has 0 aliphatic carbocycles. The van der Waals surface area contributed by atoms with Crippen LogP contribution in [0.3, 0.4) is 0 Å². The van der Waals surface area contributed by atoms with Gasteiger partial charge in [0, 0.05) is 25.0 Å². The molecule has 0 bridgehead atoms. The van der Waals surface area contributed by atoms with E-state index in [0.29, 0.717) is 12.6 Å². The van der Waals surface area contributed by atoms with Gasteiger partial charge >= 0.3 is 0 Å². The summed E-state index contributed by atoms with van der Waals surface area (Å²) >= 11 is 0. The zero-order chi connectivity index (χ0) is 15.6. The van der Waals surface area contributed by atoms with E-state index in [0.717, 1.165) is 25.2 Å². The van der Waals surface area contributed by atoms with Gasteiger partial charge in [-0.05, 0) is 32.6 Å². The highest BCUT2D eigenvalue weighted by Crippen LogP contribution is 2.27. The first-order valence-electron chi connectivity index (χ1n) is 7.85. The van der Waals surface area contributed by atoms with Crippen LogP contribution in [0, 0.1) is 5.92 Å². The summed E-state index contributed by atoms with van der Waals surface area (Å²) in [5, 5.41) is 8.32. The molecule has 1 aromatic heterocycles. The molecule has 0 aromatic carbocycles. The lowest BCUT2D eigenvalue weighted by atomic mass is 9.95. The predicted octanol–water partition coefficient (Wildman–Crippen LogP) is 1.97. The molecule has 1 aliphatic heterocycles. The van der Waals surface area contributed by atoms with Crippen LogP contribution in [0.5, 0.6) is 0 Å². The van der Waals surface area contributed by atoms with Gasteiger partial charge in [-0.15, -0.1) is 22.6 Å². The molecule has 2 heterocycles. The average Bonchev–Trinajstić information content (AvgIpc) is 2.95. The number of aromatic nitrogens is 3. The Morgan fingerprint density at radius 2 is 2.05 bits per heavy atom. The minimum atomic E-state index is -0.410. The summed E-state index contributed by atoms with van der Waals surface area (Å²) in [6.45, 7) is 9.70. The standard InChI is InChI=1S/C15H27N5O.ClH/c1-10(2)13(16)15(21)19-7-5-6-12(8-19)14-18-17-9-20(14)11(3)4;/h9-13H,5-8,16H2,1-4H3;1H/t12?,13-;/m0./s1. The summed E-state index contributed by atoms with van der Waals surface area (Å²) < 4.78 is 2.10. The van der Waals surface area contributed by atoms with Crippen molar-refractivity contribution in [3.05, 3.63) is 12.2 Å². The highest BCUT2D eigenvalue weighted by atomic mass is 35.5. The number of halogens is 1. The molecule has 2 rings (SSSR count). The molecule has 22 heavy (non-hydrogen) atoms. The first kappa shape index (κ1) is 18.9. The number of nitrogens with zero attached hydrogens (tertiary/aromatic N) is 4. The van der Waals surface area contributed by atoms with Crippen molar-refractivity contribution in [2.24, 2.45) is 11.7 Å². The summed E-state index contributed by atoms with van der Waals surface area (Å²) in [7, 11) is 0. The van der Waals surface area contributed by atoms with Gasteiger partial charge in [-0.25, -0.2) is 0 Å². The quantitative estimate of drug-likeness (QED) is 0.916. The van der Waals surface area contributed by atoms with Crippen LogP contribution in [-0.2, 0) is 4.79 Å². The molecule has 6 nitrogen and oxygen atoms in total. The average molecular weight is 330 g/mol. The van der Waals surface area contributed by atoms with E-state index in [9.17, 15) is 4.79 Å². The van der Waals surface area contributed by atoms with Crippen molar-refractivity contribution in [2.45, 2.75) is 58.5 Å². The summed E-state index contributed by atoms with van der Waals surface area (Å²) in [4.78, 5) is 14.3. The second-order valence-electron chi connectivity index (χ2n) is 6.58. The van der Waals surface area contributed by atoms with Crippen molar-refractivity contribution in [3.63, 3.8) is 0 Å². The molecule has 1 amide bonds. The van der Waals surface area contributed by atoms with Gasteiger partial charge in [-0.1, -0.05) is 13.8 Å². The fraction of sp³-hybridized carbons (Fsp3) is 0.800. The normalized spacial score (nSPS) is 20.1. The van der Waals surface area contributed by atoms with Crippen molar-refractivity contribution >= 4 is 18.3 Å². The summed E-state index contributed by atoms with van der Waals surface area (Å²) in [6, 6.07) is -0.0780. The highest BCUT2D eigenvalue weighted by Gasteiger charge is 2.31. The molecular weight excluding hydrogens is 302 g/mol. The van der Waals surface area contributed by atoms with Gasteiger partial charge in [0.25, 0.3) is 0 Å². The number of rotatable bonds is 4. The van der Waals surface area contributed by atoms with Crippen molar-refractivity contribution in [2.75, 3.05) is 13.1 Å². The maximum Gasteiger partial charge on any atom is 0.239 e. The van der Waals surface area contributed by atoms with E-state index in [4.69, 9.17) is 5.73 Å². The van der Waals surface area contributed by atoms with Crippen molar-refractivity contribution in [1.29, 1.82) is 0 Å². The largest absolute Gasteiger partial charge is 0.341 e. The molecule has 1 saturated heterocycles. The molecule has 1 fully saturated rings. The molecule has 2 N–H and O–H groups in total. The Balaban J connectivity index is 0.00000242. The first-order valence-corrected chi connectivity index (χ1v) is 7.85. The van der Waals surface area contributed by atoms with Crippen LogP contribution in [0.4, 0.5) is 0 Å². The minimum Gasteiger partial charge on any atom is -0.341 e. The third-order valence-corrected chi connectivity index (χ3v) is 4.26. The first-order chi connectivity index (χ1) is 9.91. The third kappa shape index (κ3) is 3.98. The van der Waals surface area contributed by atoms with E-state index in [2.05, 4.69) is 28.6 Å². The minimum absolute atomic E-state index is 0. The van der Waals surface area contributed by atoms with Crippen molar-refractivity contribution in [3.8, 4) is 0 Å². The van der Waals surface area contributed by atoms with Gasteiger partial charge in [0.15, 0.2) is 0 Å². The van der Waals surface area contributed by atoms with E-state index in [-0.39, 0.29) is 30.2 Å². The Labute approximate surface area is 138 Å². The number of hydrogen-bond acceptors (Lipinski definition) is 4. The summed E-state index contributed by atoms with van der Waals surface area (Å²) in [6.07, 6.45) is 3.82. The molecule has 0 saturated carbocycles. The van der Waals surface area contributed by atoms with Gasteiger partial charge in [0.2, 0.25) is 5.91 Å². The lowest BCUT2D eigenvalue weighted by Crippen LogP contribution is -2.49. The van der Waals surface area contributed by atoms with Crippen LogP contribution in [0.1, 0.15) is 58.3 Å². The van der Waals surface area contributed by atoms with Crippen LogP contribution < -0.4 is 5.73 Å². The van der Waals surface area contributed by atoms with Crippen LogP contribution in [0.2, 0.25) is 0 Å². The number of carbonyl (C=O) groups excluding carboxylic acids is 1. The van der Waals surface area contributed by atoms with Gasteiger partial charge in [-0.3, -0.25) is 4.79 Å². The van der Waals surface area contributed by atoms with E-state index in [1.165, 1.54) is 0 Å². The number of nitrogens with two attached hydrogens (primary N) is 1. The monoisotopic (exact) mass is 329 g/mol. The highest BCUT2D eigenvalue weighted by molar-refractivity contribution is 5.85. The molecule has 1 aromatic rings. The third-order valence-electron chi connectivity index (χ3n) is 4.26. The van der Waals surface area contributed by atoms with Crippen LogP contribution in [-0.4, -0.2) is 44.7 Å². The lowest BCUT2D eigenvalue weighted by Gasteiger charge is -2.34. The smallest absolute Gasteiger partial charge is 0.239 e. The number of amides is 1. The zero-order valence-corrected chi connectivity index (χ0v) is 14.7. The van der Waals surface area contributed by atoms with E-state index in [1.54, 1.807) is 6.33 Å². The topological polar surface area (TPSA) is 77.0 Å². The van der Waals surface area contributed by atoms with E-state index in [1.807, 2.05) is 18.7 Å². The Kier molecular flexibility index (Phi) is 6.81. The molecule has 0 radical (unpaired) electrons. The maximum atomic E-state index is 12.4. The molecule has 1 aliphatic rings. The Hall–Kier alpha value is -1.14. The maximum absolute atomic E-state index is 12.4. The molecule has 126 valence electrons.